The molecule has 2 heterocycles. The SMILES string of the molecule is COc1c(Cl)cc(Cl)cc1-c1ccc(CN2CCCCC2)[nH]1. The van der Waals surface area contributed by atoms with E-state index in [1.54, 1.807) is 13.2 Å². The molecule has 22 heavy (non-hydrogen) atoms. The van der Waals surface area contributed by atoms with Gasteiger partial charge in [0.05, 0.1) is 12.1 Å². The number of H-pyrrole nitrogens is 1. The topological polar surface area (TPSA) is 28.3 Å². The first kappa shape index (κ1) is 15.7. The summed E-state index contributed by atoms with van der Waals surface area (Å²) in [6.45, 7) is 3.32. The van der Waals surface area contributed by atoms with Crippen LogP contribution in [0.4, 0.5) is 0 Å². The summed E-state index contributed by atoms with van der Waals surface area (Å²) in [5.74, 6) is 0.650. The van der Waals surface area contributed by atoms with Gasteiger partial charge in [-0.25, -0.2) is 0 Å². The van der Waals surface area contributed by atoms with Gasteiger partial charge in [-0.15, -0.1) is 0 Å². The molecule has 118 valence electrons. The smallest absolute Gasteiger partial charge is 0.146 e. The number of likely N-dealkylation sites (tertiary alicyclic amines) is 1. The van der Waals surface area contributed by atoms with Crippen LogP contribution in [0.15, 0.2) is 24.3 Å². The highest BCUT2D eigenvalue weighted by Crippen LogP contribution is 2.38. The Morgan fingerprint density at radius 2 is 1.91 bits per heavy atom. The first-order valence-corrected chi connectivity index (χ1v) is 8.36. The molecule has 5 heteroatoms. The summed E-state index contributed by atoms with van der Waals surface area (Å²) in [4.78, 5) is 5.95. The Hall–Kier alpha value is -1.16. The van der Waals surface area contributed by atoms with Crippen LogP contribution in [0.2, 0.25) is 10.0 Å². The van der Waals surface area contributed by atoms with Crippen molar-refractivity contribution in [2.75, 3.05) is 20.2 Å². The van der Waals surface area contributed by atoms with Crippen LogP contribution in [-0.4, -0.2) is 30.1 Å². The number of ether oxygens (including phenoxy) is 1. The summed E-state index contributed by atoms with van der Waals surface area (Å²) in [6, 6.07) is 7.76. The number of benzene rings is 1. The summed E-state index contributed by atoms with van der Waals surface area (Å²) in [5, 5.41) is 1.13. The number of halogens is 2. The maximum Gasteiger partial charge on any atom is 0.146 e. The third kappa shape index (κ3) is 3.43. The molecule has 0 bridgehead atoms. The molecule has 0 radical (unpaired) electrons. The van der Waals surface area contributed by atoms with Gasteiger partial charge in [-0.3, -0.25) is 4.90 Å². The van der Waals surface area contributed by atoms with Crippen LogP contribution in [0.3, 0.4) is 0 Å². The Balaban J connectivity index is 1.84. The fraction of sp³-hybridized carbons (Fsp3) is 0.412. The minimum Gasteiger partial charge on any atom is -0.494 e. The van der Waals surface area contributed by atoms with Crippen molar-refractivity contribution < 1.29 is 4.74 Å². The molecule has 1 N–H and O–H groups in total. The molecule has 0 amide bonds. The van der Waals surface area contributed by atoms with Gasteiger partial charge in [0.15, 0.2) is 0 Å². The third-order valence-corrected chi connectivity index (χ3v) is 4.59. The van der Waals surface area contributed by atoms with Crippen molar-refractivity contribution in [2.24, 2.45) is 0 Å². The number of nitrogens with zero attached hydrogens (tertiary/aromatic N) is 1. The first-order chi connectivity index (χ1) is 10.7. The van der Waals surface area contributed by atoms with Gasteiger partial charge in [0.2, 0.25) is 0 Å². The number of aromatic nitrogens is 1. The fourth-order valence-electron chi connectivity index (χ4n) is 3.02. The minimum absolute atomic E-state index is 0.525. The van der Waals surface area contributed by atoms with Crippen molar-refractivity contribution in [3.05, 3.63) is 40.0 Å². The van der Waals surface area contributed by atoms with Gasteiger partial charge in [0.1, 0.15) is 5.75 Å². The molecule has 0 unspecified atom stereocenters. The van der Waals surface area contributed by atoms with E-state index in [1.165, 1.54) is 38.0 Å². The Morgan fingerprint density at radius 1 is 1.14 bits per heavy atom. The largest absolute Gasteiger partial charge is 0.494 e. The normalized spacial score (nSPS) is 16.0. The summed E-state index contributed by atoms with van der Waals surface area (Å²) in [7, 11) is 1.62. The zero-order valence-electron chi connectivity index (χ0n) is 12.7. The van der Waals surface area contributed by atoms with Gasteiger partial charge in [-0.1, -0.05) is 29.6 Å². The zero-order chi connectivity index (χ0) is 15.5. The van der Waals surface area contributed by atoms with Crippen molar-refractivity contribution in [2.45, 2.75) is 25.8 Å². The van der Waals surface area contributed by atoms with E-state index >= 15 is 0 Å². The molecule has 1 aromatic heterocycles. The van der Waals surface area contributed by atoms with E-state index in [4.69, 9.17) is 27.9 Å². The van der Waals surface area contributed by atoms with E-state index in [-0.39, 0.29) is 0 Å². The number of hydrogen-bond donors (Lipinski definition) is 1. The molecular weight excluding hydrogens is 319 g/mol. The summed E-state index contributed by atoms with van der Waals surface area (Å²) >= 11 is 12.3. The summed E-state index contributed by atoms with van der Waals surface area (Å²) in [5.41, 5.74) is 3.08. The number of hydrogen-bond acceptors (Lipinski definition) is 2. The predicted octanol–water partition coefficient (Wildman–Crippen LogP) is 4.98. The van der Waals surface area contributed by atoms with E-state index in [2.05, 4.69) is 22.0 Å². The number of piperidine rings is 1. The van der Waals surface area contributed by atoms with Crippen LogP contribution in [0.5, 0.6) is 5.75 Å². The van der Waals surface area contributed by atoms with Crippen molar-refractivity contribution in [1.82, 2.24) is 9.88 Å². The average Bonchev–Trinajstić information content (AvgIpc) is 2.96. The van der Waals surface area contributed by atoms with Gasteiger partial charge >= 0.3 is 0 Å². The van der Waals surface area contributed by atoms with E-state index < -0.39 is 0 Å². The standard InChI is InChI=1S/C17H20Cl2N2O/c1-22-17-14(9-12(18)10-15(17)19)16-6-5-13(20-16)11-21-7-3-2-4-8-21/h5-6,9-10,20H,2-4,7-8,11H2,1H3. The summed E-state index contributed by atoms with van der Waals surface area (Å²) < 4.78 is 5.42. The molecule has 3 nitrogen and oxygen atoms in total. The first-order valence-electron chi connectivity index (χ1n) is 7.61. The van der Waals surface area contributed by atoms with Crippen LogP contribution in [-0.2, 0) is 6.54 Å². The Kier molecular flexibility index (Phi) is 4.97. The molecule has 1 aliphatic heterocycles. The highest BCUT2D eigenvalue weighted by atomic mass is 35.5. The lowest BCUT2D eigenvalue weighted by Gasteiger charge is -2.25. The van der Waals surface area contributed by atoms with Crippen molar-refractivity contribution in [3.8, 4) is 17.0 Å². The van der Waals surface area contributed by atoms with Crippen LogP contribution < -0.4 is 4.74 Å². The third-order valence-electron chi connectivity index (χ3n) is 4.09. The lowest BCUT2D eigenvalue weighted by molar-refractivity contribution is 0.219. The highest BCUT2D eigenvalue weighted by molar-refractivity contribution is 6.36. The molecule has 0 atom stereocenters. The lowest BCUT2D eigenvalue weighted by atomic mass is 10.1. The predicted molar refractivity (Wildman–Crippen MR) is 91.9 cm³/mol. The Bertz CT molecular complexity index is 648. The second-order valence-electron chi connectivity index (χ2n) is 5.70. The van der Waals surface area contributed by atoms with Gasteiger partial charge in [0.25, 0.3) is 0 Å². The molecule has 0 aliphatic carbocycles. The lowest BCUT2D eigenvalue weighted by Crippen LogP contribution is -2.29. The average molecular weight is 339 g/mol. The van der Waals surface area contributed by atoms with E-state index in [0.29, 0.717) is 15.8 Å². The van der Waals surface area contributed by atoms with E-state index in [9.17, 15) is 0 Å². The maximum atomic E-state index is 6.22. The molecule has 3 rings (SSSR count). The zero-order valence-corrected chi connectivity index (χ0v) is 14.2. The Morgan fingerprint density at radius 3 is 2.64 bits per heavy atom. The van der Waals surface area contributed by atoms with Gasteiger partial charge in [0, 0.05) is 28.5 Å². The van der Waals surface area contributed by atoms with Gasteiger partial charge in [-0.05, 0) is 50.2 Å². The molecule has 1 aliphatic rings. The van der Waals surface area contributed by atoms with E-state index in [0.717, 1.165) is 17.8 Å². The molecule has 0 saturated carbocycles. The number of methoxy groups -OCH3 is 1. The van der Waals surface area contributed by atoms with Crippen molar-refractivity contribution in [3.63, 3.8) is 0 Å². The van der Waals surface area contributed by atoms with Crippen LogP contribution in [0, 0.1) is 0 Å². The van der Waals surface area contributed by atoms with Crippen molar-refractivity contribution in [1.29, 1.82) is 0 Å². The second kappa shape index (κ2) is 6.95. The van der Waals surface area contributed by atoms with Crippen LogP contribution in [0.25, 0.3) is 11.3 Å². The van der Waals surface area contributed by atoms with Crippen molar-refractivity contribution >= 4 is 23.2 Å². The van der Waals surface area contributed by atoms with Crippen LogP contribution >= 0.6 is 23.2 Å². The van der Waals surface area contributed by atoms with Gasteiger partial charge < -0.3 is 9.72 Å². The molecule has 1 saturated heterocycles. The quantitative estimate of drug-likeness (QED) is 0.851. The molecule has 2 aromatic rings. The summed E-state index contributed by atoms with van der Waals surface area (Å²) in [6.07, 6.45) is 3.95. The fourth-order valence-corrected chi connectivity index (χ4v) is 3.59. The number of aromatic amines is 1. The Labute approximate surface area is 141 Å². The molecular formula is C17H20Cl2N2O. The second-order valence-corrected chi connectivity index (χ2v) is 6.55. The van der Waals surface area contributed by atoms with E-state index in [1.807, 2.05) is 6.07 Å². The molecule has 0 spiro atoms. The minimum atomic E-state index is 0.525. The monoisotopic (exact) mass is 338 g/mol. The van der Waals surface area contributed by atoms with Gasteiger partial charge in [-0.2, -0.15) is 0 Å². The maximum absolute atomic E-state index is 6.22. The molecule has 1 aromatic carbocycles. The molecule has 1 fully saturated rings. The van der Waals surface area contributed by atoms with Crippen LogP contribution in [0.1, 0.15) is 25.0 Å². The number of rotatable bonds is 4. The highest BCUT2D eigenvalue weighted by Gasteiger charge is 2.15. The number of nitrogens with one attached hydrogen (secondary N) is 1.